The maximum Gasteiger partial charge on any atom is 0.272 e. The third kappa shape index (κ3) is 4.27. The van der Waals surface area contributed by atoms with Crippen LogP contribution in [0.15, 0.2) is 18.2 Å². The van der Waals surface area contributed by atoms with E-state index in [-0.39, 0.29) is 24.0 Å². The second-order valence-electron chi connectivity index (χ2n) is 4.53. The van der Waals surface area contributed by atoms with Crippen LogP contribution in [-0.2, 0) is 4.79 Å². The lowest BCUT2D eigenvalue weighted by molar-refractivity contribution is -0.385. The van der Waals surface area contributed by atoms with Gasteiger partial charge in [0, 0.05) is 30.3 Å². The molecule has 1 aromatic carbocycles. The van der Waals surface area contributed by atoms with Crippen molar-refractivity contribution in [3.05, 3.63) is 39.4 Å². The number of aryl methyl sites for hydroxylation is 1. The molecule has 0 aliphatic rings. The molecule has 0 aliphatic carbocycles. The number of carbonyl (C=O) groups is 2. The highest BCUT2D eigenvalue weighted by atomic mass is 16.6. The van der Waals surface area contributed by atoms with Crippen LogP contribution in [0, 0.1) is 17.0 Å². The molecule has 1 aromatic rings. The van der Waals surface area contributed by atoms with E-state index in [1.165, 1.54) is 23.1 Å². The summed E-state index contributed by atoms with van der Waals surface area (Å²) in [6.07, 6.45) is 0. The molecule has 1 rings (SSSR count). The minimum absolute atomic E-state index is 0.0286. The number of amides is 2. The highest BCUT2D eigenvalue weighted by Gasteiger charge is 2.19. The predicted octanol–water partition coefficient (Wildman–Crippen LogP) is 1.50. The Morgan fingerprint density at radius 3 is 2.48 bits per heavy atom. The Morgan fingerprint density at radius 2 is 2.00 bits per heavy atom. The van der Waals surface area contributed by atoms with Crippen LogP contribution < -0.4 is 5.32 Å². The van der Waals surface area contributed by atoms with Crippen LogP contribution in [-0.4, -0.2) is 41.3 Å². The van der Waals surface area contributed by atoms with Crippen LogP contribution in [0.5, 0.6) is 0 Å². The molecule has 0 bridgehead atoms. The molecule has 0 saturated carbocycles. The largest absolute Gasteiger partial charge is 0.355 e. The zero-order valence-corrected chi connectivity index (χ0v) is 12.4. The Bertz CT molecular complexity index is 557. The zero-order chi connectivity index (χ0) is 16.0. The number of nitro groups is 1. The highest BCUT2D eigenvalue weighted by molar-refractivity contribution is 5.96. The molecule has 0 heterocycles. The minimum Gasteiger partial charge on any atom is -0.355 e. The molecule has 114 valence electrons. The molecule has 2 amide bonds. The van der Waals surface area contributed by atoms with E-state index in [0.29, 0.717) is 24.2 Å². The molecule has 0 aliphatic heterocycles. The van der Waals surface area contributed by atoms with Gasteiger partial charge in [0.1, 0.15) is 0 Å². The second kappa shape index (κ2) is 7.37. The van der Waals surface area contributed by atoms with E-state index in [2.05, 4.69) is 5.32 Å². The molecule has 0 saturated heterocycles. The summed E-state index contributed by atoms with van der Waals surface area (Å²) >= 11 is 0. The normalized spacial score (nSPS) is 10.0. The maximum atomic E-state index is 12.3. The van der Waals surface area contributed by atoms with Gasteiger partial charge < -0.3 is 10.2 Å². The maximum absolute atomic E-state index is 12.3. The number of likely N-dealkylation sites (N-methyl/N-ethyl adjacent to an activating group) is 2. The van der Waals surface area contributed by atoms with Gasteiger partial charge in [0.25, 0.3) is 11.6 Å². The van der Waals surface area contributed by atoms with E-state index >= 15 is 0 Å². The Morgan fingerprint density at radius 1 is 1.33 bits per heavy atom. The topological polar surface area (TPSA) is 92.6 Å². The predicted molar refractivity (Wildman–Crippen MR) is 78.1 cm³/mol. The van der Waals surface area contributed by atoms with Gasteiger partial charge in [0.2, 0.25) is 5.91 Å². The van der Waals surface area contributed by atoms with Gasteiger partial charge in [-0.1, -0.05) is 0 Å². The van der Waals surface area contributed by atoms with Crippen molar-refractivity contribution in [3.8, 4) is 0 Å². The van der Waals surface area contributed by atoms with Crippen LogP contribution >= 0.6 is 0 Å². The number of carbonyl (C=O) groups excluding carboxylic acids is 2. The smallest absolute Gasteiger partial charge is 0.272 e. The van der Waals surface area contributed by atoms with E-state index < -0.39 is 4.92 Å². The van der Waals surface area contributed by atoms with E-state index in [0.717, 1.165) is 0 Å². The molecule has 7 nitrogen and oxygen atoms in total. The van der Waals surface area contributed by atoms with Gasteiger partial charge >= 0.3 is 0 Å². The van der Waals surface area contributed by atoms with Gasteiger partial charge in [-0.05, 0) is 32.9 Å². The lowest BCUT2D eigenvalue weighted by atomic mass is 10.1. The first kappa shape index (κ1) is 16.6. The van der Waals surface area contributed by atoms with Crippen molar-refractivity contribution in [2.24, 2.45) is 0 Å². The monoisotopic (exact) mass is 293 g/mol. The average molecular weight is 293 g/mol. The van der Waals surface area contributed by atoms with E-state index in [1.807, 2.05) is 0 Å². The number of nitro benzene ring substituents is 1. The van der Waals surface area contributed by atoms with Crippen LogP contribution in [0.4, 0.5) is 5.69 Å². The standard InChI is InChI=1S/C14H19N3O4/c1-4-15-13(18)9-16(5-2)14(19)11-6-7-12(17(20)21)10(3)8-11/h6-8H,4-5,9H2,1-3H3,(H,15,18). The summed E-state index contributed by atoms with van der Waals surface area (Å²) in [5.74, 6) is -0.548. The second-order valence-corrected chi connectivity index (χ2v) is 4.53. The first-order valence-corrected chi connectivity index (χ1v) is 6.71. The fourth-order valence-electron chi connectivity index (χ4n) is 1.93. The first-order valence-electron chi connectivity index (χ1n) is 6.71. The third-order valence-corrected chi connectivity index (χ3v) is 3.02. The number of nitrogens with zero attached hydrogens (tertiary/aromatic N) is 2. The molecule has 1 N–H and O–H groups in total. The average Bonchev–Trinajstić information content (AvgIpc) is 2.43. The molecule has 0 unspecified atom stereocenters. The molecular weight excluding hydrogens is 274 g/mol. The third-order valence-electron chi connectivity index (χ3n) is 3.02. The molecule has 0 radical (unpaired) electrons. The molecule has 0 aromatic heterocycles. The van der Waals surface area contributed by atoms with E-state index in [1.54, 1.807) is 20.8 Å². The quantitative estimate of drug-likeness (QED) is 0.635. The summed E-state index contributed by atoms with van der Waals surface area (Å²) < 4.78 is 0. The molecular formula is C14H19N3O4. The van der Waals surface area contributed by atoms with Crippen molar-refractivity contribution in [1.29, 1.82) is 0 Å². The van der Waals surface area contributed by atoms with Gasteiger partial charge in [0.15, 0.2) is 0 Å². The SMILES string of the molecule is CCNC(=O)CN(CC)C(=O)c1ccc([N+](=O)[O-])c(C)c1. The van der Waals surface area contributed by atoms with Crippen molar-refractivity contribution in [3.63, 3.8) is 0 Å². The summed E-state index contributed by atoms with van der Waals surface area (Å²) in [4.78, 5) is 35.6. The Balaban J connectivity index is 2.92. The minimum atomic E-state index is -0.490. The number of nitrogens with one attached hydrogen (secondary N) is 1. The lowest BCUT2D eigenvalue weighted by Crippen LogP contribution is -2.40. The molecule has 0 fully saturated rings. The Kier molecular flexibility index (Phi) is 5.83. The highest BCUT2D eigenvalue weighted by Crippen LogP contribution is 2.19. The number of hydrogen-bond donors (Lipinski definition) is 1. The van der Waals surface area contributed by atoms with Crippen LogP contribution in [0.2, 0.25) is 0 Å². The summed E-state index contributed by atoms with van der Waals surface area (Å²) in [7, 11) is 0. The van der Waals surface area contributed by atoms with Gasteiger partial charge in [0.05, 0.1) is 11.5 Å². The Hall–Kier alpha value is -2.44. The summed E-state index contributed by atoms with van der Waals surface area (Å²) in [5, 5.41) is 13.4. The van der Waals surface area contributed by atoms with Gasteiger partial charge in [-0.3, -0.25) is 19.7 Å². The van der Waals surface area contributed by atoms with Crippen molar-refractivity contribution < 1.29 is 14.5 Å². The number of hydrogen-bond acceptors (Lipinski definition) is 4. The van der Waals surface area contributed by atoms with Crippen LogP contribution in [0.25, 0.3) is 0 Å². The van der Waals surface area contributed by atoms with Crippen molar-refractivity contribution in [2.45, 2.75) is 20.8 Å². The van der Waals surface area contributed by atoms with E-state index in [4.69, 9.17) is 0 Å². The molecule has 21 heavy (non-hydrogen) atoms. The van der Waals surface area contributed by atoms with E-state index in [9.17, 15) is 19.7 Å². The fraction of sp³-hybridized carbons (Fsp3) is 0.429. The van der Waals surface area contributed by atoms with Gasteiger partial charge in [-0.2, -0.15) is 0 Å². The zero-order valence-electron chi connectivity index (χ0n) is 12.4. The molecule has 7 heteroatoms. The number of rotatable bonds is 6. The molecule has 0 atom stereocenters. The van der Waals surface area contributed by atoms with Crippen molar-refractivity contribution in [1.82, 2.24) is 10.2 Å². The van der Waals surface area contributed by atoms with Crippen LogP contribution in [0.3, 0.4) is 0 Å². The van der Waals surface area contributed by atoms with Gasteiger partial charge in [-0.25, -0.2) is 0 Å². The summed E-state index contributed by atoms with van der Waals surface area (Å²) in [6.45, 7) is 6.01. The Labute approximate surface area is 123 Å². The van der Waals surface area contributed by atoms with Crippen molar-refractivity contribution >= 4 is 17.5 Å². The molecule has 0 spiro atoms. The summed E-state index contributed by atoms with van der Waals surface area (Å²) in [6, 6.07) is 4.19. The van der Waals surface area contributed by atoms with Gasteiger partial charge in [-0.15, -0.1) is 0 Å². The van der Waals surface area contributed by atoms with Crippen LogP contribution in [0.1, 0.15) is 29.8 Å². The summed E-state index contributed by atoms with van der Waals surface area (Å²) in [5.41, 5.74) is 0.725. The van der Waals surface area contributed by atoms with Crippen molar-refractivity contribution in [2.75, 3.05) is 19.6 Å². The number of benzene rings is 1. The first-order chi connectivity index (χ1) is 9.90. The lowest BCUT2D eigenvalue weighted by Gasteiger charge is -2.20. The fourth-order valence-corrected chi connectivity index (χ4v) is 1.93.